The van der Waals surface area contributed by atoms with Gasteiger partial charge in [0, 0.05) is 18.6 Å². The van der Waals surface area contributed by atoms with Crippen LogP contribution < -0.4 is 21.1 Å². The zero-order valence-corrected chi connectivity index (χ0v) is 13.8. The Hall–Kier alpha value is -2.52. The molecule has 1 rings (SSSR count). The summed E-state index contributed by atoms with van der Waals surface area (Å²) in [6.07, 6.45) is 0.548. The summed E-state index contributed by atoms with van der Waals surface area (Å²) in [5, 5.41) is 28.0. The van der Waals surface area contributed by atoms with Crippen LogP contribution in [-0.4, -0.2) is 43.0 Å². The first-order chi connectivity index (χ1) is 11.3. The Balaban J connectivity index is 2.67. The van der Waals surface area contributed by atoms with Gasteiger partial charge in [-0.05, 0) is 12.5 Å². The van der Waals surface area contributed by atoms with E-state index in [2.05, 4.69) is 5.32 Å². The quantitative estimate of drug-likeness (QED) is 0.245. The maximum Gasteiger partial charge on any atom is 0.271 e. The van der Waals surface area contributed by atoms with Crippen LogP contribution in [0, 0.1) is 17.0 Å². The second-order valence-electron chi connectivity index (χ2n) is 5.51. The van der Waals surface area contributed by atoms with Crippen molar-refractivity contribution in [3.05, 3.63) is 33.9 Å². The van der Waals surface area contributed by atoms with E-state index in [4.69, 9.17) is 0 Å². The van der Waals surface area contributed by atoms with E-state index in [1.165, 1.54) is 18.2 Å². The zero-order chi connectivity index (χ0) is 18.1. The molecule has 0 bridgehead atoms. The van der Waals surface area contributed by atoms with Crippen molar-refractivity contribution in [1.82, 2.24) is 0 Å². The first kappa shape index (κ1) is 19.5. The number of nitro benzene ring substituents is 1. The molecule has 24 heavy (non-hydrogen) atoms. The number of carboxylic acids is 1. The third-order valence-corrected chi connectivity index (χ3v) is 3.56. The third kappa shape index (κ3) is 6.31. The van der Waals surface area contributed by atoms with Gasteiger partial charge in [0.2, 0.25) is 5.91 Å². The van der Waals surface area contributed by atoms with E-state index in [1.54, 1.807) is 12.2 Å². The Morgan fingerprint density at radius 2 is 2.04 bits per heavy atom. The number of carbonyl (C=O) groups is 2. The lowest BCUT2D eigenvalue weighted by Crippen LogP contribution is -2.94. The van der Waals surface area contributed by atoms with E-state index >= 15 is 0 Å². The van der Waals surface area contributed by atoms with Gasteiger partial charge in [0.25, 0.3) is 5.69 Å². The Kier molecular flexibility index (Phi) is 7.80. The number of nitrogens with zero attached hydrogens (tertiary/aromatic N) is 1. The molecule has 0 heterocycles. The predicted octanol–water partition coefficient (Wildman–Crippen LogP) is -2.50. The molecule has 1 amide bonds. The van der Waals surface area contributed by atoms with Crippen LogP contribution in [0.25, 0.3) is 0 Å². The van der Waals surface area contributed by atoms with Crippen molar-refractivity contribution in [3.63, 3.8) is 0 Å². The van der Waals surface area contributed by atoms with Crippen LogP contribution in [0.4, 0.5) is 11.4 Å². The van der Waals surface area contributed by atoms with Gasteiger partial charge in [0.1, 0.15) is 6.04 Å². The van der Waals surface area contributed by atoms with Gasteiger partial charge in [-0.3, -0.25) is 14.9 Å². The van der Waals surface area contributed by atoms with Crippen LogP contribution in [0.2, 0.25) is 0 Å². The summed E-state index contributed by atoms with van der Waals surface area (Å²) in [7, 11) is 1.92. The van der Waals surface area contributed by atoms with Gasteiger partial charge >= 0.3 is 0 Å². The SMILES string of the molecule is C[NH2+]CCC[NH2+][C@@H](CC(=O)Nc1cc([N+](=O)[O-])ccc1C)C(=O)[O-]. The summed E-state index contributed by atoms with van der Waals surface area (Å²) in [6, 6.07) is 3.13. The number of aliphatic carboxylic acids is 1. The minimum atomic E-state index is -1.30. The Labute approximate surface area is 139 Å². The summed E-state index contributed by atoms with van der Waals surface area (Å²) >= 11 is 0. The summed E-state index contributed by atoms with van der Waals surface area (Å²) in [5.74, 6) is -1.83. The van der Waals surface area contributed by atoms with Gasteiger partial charge in [0.15, 0.2) is 0 Å². The van der Waals surface area contributed by atoms with E-state index in [0.29, 0.717) is 17.8 Å². The maximum absolute atomic E-state index is 12.1. The van der Waals surface area contributed by atoms with Crippen LogP contribution in [0.1, 0.15) is 18.4 Å². The molecule has 5 N–H and O–H groups in total. The molecule has 0 aromatic heterocycles. The van der Waals surface area contributed by atoms with Gasteiger partial charge in [-0.1, -0.05) is 6.07 Å². The highest BCUT2D eigenvalue weighted by Crippen LogP contribution is 2.21. The van der Waals surface area contributed by atoms with Crippen molar-refractivity contribution in [3.8, 4) is 0 Å². The Bertz CT molecular complexity index is 606. The number of nitrogens with one attached hydrogen (secondary N) is 1. The lowest BCUT2D eigenvalue weighted by molar-refractivity contribution is -0.692. The predicted molar refractivity (Wildman–Crippen MR) is 84.0 cm³/mol. The van der Waals surface area contributed by atoms with E-state index in [-0.39, 0.29) is 12.1 Å². The maximum atomic E-state index is 12.1. The summed E-state index contributed by atoms with van der Waals surface area (Å²) < 4.78 is 0. The molecule has 0 spiro atoms. The normalized spacial score (nSPS) is 11.8. The molecule has 0 saturated heterocycles. The van der Waals surface area contributed by atoms with Crippen LogP contribution in [0.3, 0.4) is 0 Å². The first-order valence-electron chi connectivity index (χ1n) is 7.72. The number of rotatable bonds is 10. The van der Waals surface area contributed by atoms with Crippen LogP contribution in [-0.2, 0) is 9.59 Å². The van der Waals surface area contributed by atoms with Crippen molar-refractivity contribution < 1.29 is 30.3 Å². The van der Waals surface area contributed by atoms with Crippen molar-refractivity contribution in [2.24, 2.45) is 0 Å². The van der Waals surface area contributed by atoms with Gasteiger partial charge in [-0.2, -0.15) is 0 Å². The van der Waals surface area contributed by atoms with E-state index in [1.807, 2.05) is 12.4 Å². The number of benzene rings is 1. The van der Waals surface area contributed by atoms with Gasteiger partial charge in [-0.15, -0.1) is 0 Å². The second kappa shape index (κ2) is 9.58. The molecule has 9 nitrogen and oxygen atoms in total. The number of hydrogen-bond donors (Lipinski definition) is 3. The minimum Gasteiger partial charge on any atom is -0.544 e. The number of anilines is 1. The number of amides is 1. The number of nitro groups is 1. The summed E-state index contributed by atoms with van der Waals surface area (Å²) in [5.41, 5.74) is 0.808. The number of hydrogen-bond acceptors (Lipinski definition) is 5. The molecule has 0 unspecified atom stereocenters. The fraction of sp³-hybridized carbons (Fsp3) is 0.467. The van der Waals surface area contributed by atoms with Crippen LogP contribution in [0.15, 0.2) is 18.2 Å². The van der Waals surface area contributed by atoms with Crippen molar-refractivity contribution >= 4 is 23.3 Å². The Morgan fingerprint density at radius 1 is 1.33 bits per heavy atom. The molecule has 1 atom stereocenters. The fourth-order valence-corrected chi connectivity index (χ4v) is 2.16. The minimum absolute atomic E-state index is 0.144. The van der Waals surface area contributed by atoms with Gasteiger partial charge < -0.3 is 25.9 Å². The lowest BCUT2D eigenvalue weighted by Gasteiger charge is -2.16. The fourth-order valence-electron chi connectivity index (χ4n) is 2.16. The third-order valence-electron chi connectivity index (χ3n) is 3.56. The smallest absolute Gasteiger partial charge is 0.271 e. The first-order valence-corrected chi connectivity index (χ1v) is 7.72. The monoisotopic (exact) mass is 339 g/mol. The molecule has 0 aliphatic heterocycles. The Morgan fingerprint density at radius 3 is 2.62 bits per heavy atom. The van der Waals surface area contributed by atoms with Crippen molar-refractivity contribution in [2.75, 3.05) is 25.5 Å². The standard InChI is InChI=1S/C15H22N4O5/c1-10-4-5-11(19(23)24)8-12(10)18-14(20)9-13(15(21)22)17-7-3-6-16-2/h4-5,8,13,16-17H,3,6-7,9H2,1-2H3,(H,18,20)(H,21,22)/p+1/t13-/m0/s1. The van der Waals surface area contributed by atoms with E-state index in [0.717, 1.165) is 13.0 Å². The molecule has 0 aliphatic carbocycles. The second-order valence-corrected chi connectivity index (χ2v) is 5.51. The van der Waals surface area contributed by atoms with Crippen LogP contribution >= 0.6 is 0 Å². The van der Waals surface area contributed by atoms with E-state index < -0.39 is 22.8 Å². The molecule has 0 saturated carbocycles. The molecule has 1 aromatic carbocycles. The lowest BCUT2D eigenvalue weighted by atomic mass is 10.1. The molecule has 1 aromatic rings. The number of carbonyl (C=O) groups excluding carboxylic acids is 2. The molecular formula is C15H23N4O5+. The molecule has 0 aliphatic rings. The average Bonchev–Trinajstić information content (AvgIpc) is 2.52. The zero-order valence-electron chi connectivity index (χ0n) is 13.8. The number of aryl methyl sites for hydroxylation is 1. The number of non-ortho nitro benzene ring substituents is 1. The van der Waals surface area contributed by atoms with Crippen LogP contribution in [0.5, 0.6) is 0 Å². The van der Waals surface area contributed by atoms with E-state index in [9.17, 15) is 24.8 Å². The largest absolute Gasteiger partial charge is 0.544 e. The van der Waals surface area contributed by atoms with Crippen molar-refractivity contribution in [1.29, 1.82) is 0 Å². The molecule has 0 fully saturated rings. The van der Waals surface area contributed by atoms with Crippen molar-refractivity contribution in [2.45, 2.75) is 25.8 Å². The van der Waals surface area contributed by atoms with Gasteiger partial charge in [-0.25, -0.2) is 0 Å². The number of carboxylic acid groups (broad SMARTS) is 1. The highest BCUT2D eigenvalue weighted by molar-refractivity contribution is 5.94. The molecule has 9 heteroatoms. The highest BCUT2D eigenvalue weighted by atomic mass is 16.6. The molecule has 132 valence electrons. The number of quaternary nitrogens is 2. The summed E-state index contributed by atoms with van der Waals surface area (Å²) in [6.45, 7) is 3.14. The highest BCUT2D eigenvalue weighted by Gasteiger charge is 2.19. The summed E-state index contributed by atoms with van der Waals surface area (Å²) in [4.78, 5) is 33.4. The molecular weight excluding hydrogens is 316 g/mol. The average molecular weight is 339 g/mol. The number of nitrogens with two attached hydrogens (primary N) is 2. The van der Waals surface area contributed by atoms with Gasteiger partial charge in [0.05, 0.1) is 43.1 Å². The topological polar surface area (TPSA) is 146 Å². The molecule has 0 radical (unpaired) electrons.